The highest BCUT2D eigenvalue weighted by Gasteiger charge is 2.06. The van der Waals surface area contributed by atoms with Crippen molar-refractivity contribution < 1.29 is 9.53 Å². The quantitative estimate of drug-likeness (QED) is 0.895. The van der Waals surface area contributed by atoms with E-state index in [9.17, 15) is 4.79 Å². The molecule has 0 radical (unpaired) electrons. The van der Waals surface area contributed by atoms with Gasteiger partial charge in [-0.3, -0.25) is 4.79 Å². The molecule has 0 bridgehead atoms. The zero-order valence-electron chi connectivity index (χ0n) is 9.91. The standard InChI is InChI=1S/C13H10N4O2/c14-5-6-19-12-3-1-11(2-4-12)17-13(18)10-7-15-9-16-8-10/h1-4,7-9H,6H2,(H,17,18). The van der Waals surface area contributed by atoms with E-state index in [-0.39, 0.29) is 12.5 Å². The molecule has 6 heteroatoms. The van der Waals surface area contributed by atoms with Crippen molar-refractivity contribution in [2.75, 3.05) is 11.9 Å². The van der Waals surface area contributed by atoms with E-state index < -0.39 is 0 Å². The van der Waals surface area contributed by atoms with Gasteiger partial charge in [-0.1, -0.05) is 0 Å². The van der Waals surface area contributed by atoms with Crippen LogP contribution in [-0.4, -0.2) is 22.5 Å². The molecule has 2 rings (SSSR count). The molecule has 1 amide bonds. The van der Waals surface area contributed by atoms with E-state index in [1.807, 2.05) is 6.07 Å². The van der Waals surface area contributed by atoms with Crippen molar-refractivity contribution in [2.45, 2.75) is 0 Å². The van der Waals surface area contributed by atoms with Crippen molar-refractivity contribution >= 4 is 11.6 Å². The first kappa shape index (κ1) is 12.5. The molecular formula is C13H10N4O2. The van der Waals surface area contributed by atoms with Gasteiger partial charge < -0.3 is 10.1 Å². The monoisotopic (exact) mass is 254 g/mol. The van der Waals surface area contributed by atoms with Gasteiger partial charge in [-0.15, -0.1) is 0 Å². The number of hydrogen-bond acceptors (Lipinski definition) is 5. The number of carbonyl (C=O) groups is 1. The average Bonchev–Trinajstić information content (AvgIpc) is 2.47. The number of rotatable bonds is 4. The first-order valence-electron chi connectivity index (χ1n) is 5.46. The average molecular weight is 254 g/mol. The van der Waals surface area contributed by atoms with E-state index in [0.717, 1.165) is 0 Å². The molecule has 0 atom stereocenters. The van der Waals surface area contributed by atoms with Crippen LogP contribution in [0.4, 0.5) is 5.69 Å². The molecule has 1 N–H and O–H groups in total. The van der Waals surface area contributed by atoms with Gasteiger partial charge in [0.1, 0.15) is 18.1 Å². The van der Waals surface area contributed by atoms with Crippen LogP contribution in [0.2, 0.25) is 0 Å². The van der Waals surface area contributed by atoms with Crippen molar-refractivity contribution in [3.05, 3.63) is 48.5 Å². The summed E-state index contributed by atoms with van der Waals surface area (Å²) >= 11 is 0. The van der Waals surface area contributed by atoms with Crippen molar-refractivity contribution in [3.8, 4) is 11.8 Å². The summed E-state index contributed by atoms with van der Waals surface area (Å²) in [6.07, 6.45) is 4.23. The summed E-state index contributed by atoms with van der Waals surface area (Å²) < 4.78 is 5.11. The molecule has 1 aromatic carbocycles. The van der Waals surface area contributed by atoms with Gasteiger partial charge in [0.2, 0.25) is 0 Å². The van der Waals surface area contributed by atoms with E-state index in [1.165, 1.54) is 18.7 Å². The van der Waals surface area contributed by atoms with E-state index in [0.29, 0.717) is 17.0 Å². The van der Waals surface area contributed by atoms with Crippen LogP contribution in [0.1, 0.15) is 10.4 Å². The van der Waals surface area contributed by atoms with Crippen molar-refractivity contribution in [3.63, 3.8) is 0 Å². The summed E-state index contributed by atoms with van der Waals surface area (Å²) in [6.45, 7) is -0.00688. The van der Waals surface area contributed by atoms with E-state index in [1.54, 1.807) is 24.3 Å². The fourth-order valence-corrected chi connectivity index (χ4v) is 1.37. The normalized spacial score (nSPS) is 9.42. The maximum Gasteiger partial charge on any atom is 0.258 e. The Hall–Kier alpha value is -2.94. The molecule has 19 heavy (non-hydrogen) atoms. The molecule has 0 saturated carbocycles. The van der Waals surface area contributed by atoms with E-state index in [2.05, 4.69) is 15.3 Å². The number of nitriles is 1. The maximum absolute atomic E-state index is 11.8. The van der Waals surface area contributed by atoms with Gasteiger partial charge in [-0.2, -0.15) is 5.26 Å². The number of anilines is 1. The number of amides is 1. The fraction of sp³-hybridized carbons (Fsp3) is 0.0769. The van der Waals surface area contributed by atoms with E-state index >= 15 is 0 Å². The van der Waals surface area contributed by atoms with Gasteiger partial charge in [0.15, 0.2) is 6.61 Å². The molecule has 0 unspecified atom stereocenters. The van der Waals surface area contributed by atoms with Crippen LogP contribution in [0.25, 0.3) is 0 Å². The van der Waals surface area contributed by atoms with Crippen molar-refractivity contribution in [1.82, 2.24) is 9.97 Å². The van der Waals surface area contributed by atoms with Crippen LogP contribution < -0.4 is 10.1 Å². The Balaban J connectivity index is 2.00. The number of carbonyl (C=O) groups excluding carboxylic acids is 1. The summed E-state index contributed by atoms with van der Waals surface area (Å²) in [5.41, 5.74) is 1.01. The third-order valence-corrected chi connectivity index (χ3v) is 2.24. The molecule has 6 nitrogen and oxygen atoms in total. The highest BCUT2D eigenvalue weighted by molar-refractivity contribution is 6.03. The molecular weight excluding hydrogens is 244 g/mol. The van der Waals surface area contributed by atoms with Gasteiger partial charge in [0, 0.05) is 18.1 Å². The lowest BCUT2D eigenvalue weighted by atomic mass is 10.2. The van der Waals surface area contributed by atoms with Gasteiger partial charge in [-0.05, 0) is 24.3 Å². The number of hydrogen-bond donors (Lipinski definition) is 1. The van der Waals surface area contributed by atoms with Gasteiger partial charge >= 0.3 is 0 Å². The predicted molar refractivity (Wildman–Crippen MR) is 67.5 cm³/mol. The van der Waals surface area contributed by atoms with E-state index in [4.69, 9.17) is 10.00 Å². The Bertz CT molecular complexity index is 590. The summed E-state index contributed by atoms with van der Waals surface area (Å²) in [6, 6.07) is 8.61. The molecule has 2 aromatic rings. The van der Waals surface area contributed by atoms with Gasteiger partial charge in [-0.25, -0.2) is 9.97 Å². The summed E-state index contributed by atoms with van der Waals surface area (Å²) in [7, 11) is 0. The molecule has 0 aliphatic carbocycles. The van der Waals surface area contributed by atoms with Crippen molar-refractivity contribution in [1.29, 1.82) is 5.26 Å². The zero-order valence-corrected chi connectivity index (χ0v) is 9.91. The third-order valence-electron chi connectivity index (χ3n) is 2.24. The second-order valence-corrected chi connectivity index (χ2v) is 3.55. The second-order valence-electron chi connectivity index (χ2n) is 3.55. The zero-order chi connectivity index (χ0) is 13.5. The fourth-order valence-electron chi connectivity index (χ4n) is 1.37. The highest BCUT2D eigenvalue weighted by atomic mass is 16.5. The number of benzene rings is 1. The van der Waals surface area contributed by atoms with Crippen LogP contribution >= 0.6 is 0 Å². The lowest BCUT2D eigenvalue weighted by Gasteiger charge is -2.06. The number of nitrogens with zero attached hydrogens (tertiary/aromatic N) is 3. The molecule has 0 aliphatic rings. The second kappa shape index (κ2) is 6.12. The summed E-state index contributed by atoms with van der Waals surface area (Å²) in [5.74, 6) is 0.286. The Morgan fingerprint density at radius 3 is 2.58 bits per heavy atom. The summed E-state index contributed by atoms with van der Waals surface area (Å²) in [5, 5.41) is 11.1. The number of nitrogens with one attached hydrogen (secondary N) is 1. The molecule has 0 aliphatic heterocycles. The molecule has 0 fully saturated rings. The third kappa shape index (κ3) is 3.51. The minimum Gasteiger partial charge on any atom is -0.479 e. The smallest absolute Gasteiger partial charge is 0.258 e. The van der Waals surface area contributed by atoms with Gasteiger partial charge in [0.25, 0.3) is 5.91 Å². The maximum atomic E-state index is 11.8. The Kier molecular flexibility index (Phi) is 4.03. The summed E-state index contributed by atoms with van der Waals surface area (Å²) in [4.78, 5) is 19.4. The highest BCUT2D eigenvalue weighted by Crippen LogP contribution is 2.16. The van der Waals surface area contributed by atoms with Crippen LogP contribution in [0, 0.1) is 11.3 Å². The number of aromatic nitrogens is 2. The molecule has 94 valence electrons. The Labute approximate surface area is 109 Å². The predicted octanol–water partition coefficient (Wildman–Crippen LogP) is 1.63. The molecule has 1 heterocycles. The molecule has 1 aromatic heterocycles. The van der Waals surface area contributed by atoms with Crippen LogP contribution in [0.3, 0.4) is 0 Å². The first-order chi connectivity index (χ1) is 9.29. The van der Waals surface area contributed by atoms with Crippen molar-refractivity contribution in [2.24, 2.45) is 0 Å². The van der Waals surface area contributed by atoms with Gasteiger partial charge in [0.05, 0.1) is 5.56 Å². The molecule has 0 spiro atoms. The van der Waals surface area contributed by atoms with Crippen LogP contribution in [0.15, 0.2) is 43.0 Å². The van der Waals surface area contributed by atoms with Crippen LogP contribution in [0.5, 0.6) is 5.75 Å². The molecule has 0 saturated heterocycles. The lowest BCUT2D eigenvalue weighted by molar-refractivity contribution is 0.102. The lowest BCUT2D eigenvalue weighted by Crippen LogP contribution is -2.12. The Morgan fingerprint density at radius 2 is 1.95 bits per heavy atom. The topological polar surface area (TPSA) is 87.9 Å². The Morgan fingerprint density at radius 1 is 1.26 bits per heavy atom. The van der Waals surface area contributed by atoms with Crippen LogP contribution in [-0.2, 0) is 0 Å². The first-order valence-corrected chi connectivity index (χ1v) is 5.46. The minimum absolute atomic E-state index is 0.00688. The SMILES string of the molecule is N#CCOc1ccc(NC(=O)c2cncnc2)cc1. The number of ether oxygens (including phenoxy) is 1. The largest absolute Gasteiger partial charge is 0.479 e. The minimum atomic E-state index is -0.286.